The van der Waals surface area contributed by atoms with Gasteiger partial charge in [-0.1, -0.05) is 0 Å². The fourth-order valence-electron chi connectivity index (χ4n) is 2.34. The van der Waals surface area contributed by atoms with Gasteiger partial charge in [0.1, 0.15) is 11.5 Å². The van der Waals surface area contributed by atoms with Crippen molar-refractivity contribution in [2.24, 2.45) is 0 Å². The highest BCUT2D eigenvalue weighted by molar-refractivity contribution is 5.47. The molecule has 106 valence electrons. The Bertz CT molecular complexity index is 584. The molecule has 1 atom stereocenters. The molecule has 0 spiro atoms. The van der Waals surface area contributed by atoms with Gasteiger partial charge in [0.25, 0.3) is 0 Å². The van der Waals surface area contributed by atoms with Crippen molar-refractivity contribution >= 4 is 0 Å². The maximum Gasteiger partial charge on any atom is 0.127 e. The Balaban J connectivity index is 2.49. The molecule has 0 aliphatic heterocycles. The molecule has 4 heteroatoms. The lowest BCUT2D eigenvalue weighted by atomic mass is 9.95. The molecule has 1 aromatic heterocycles. The van der Waals surface area contributed by atoms with Crippen LogP contribution >= 0.6 is 0 Å². The maximum absolute atomic E-state index is 5.50. The highest BCUT2D eigenvalue weighted by atomic mass is 16.5. The topological polar surface area (TPSA) is 43.4 Å². The fourth-order valence-corrected chi connectivity index (χ4v) is 2.34. The molecule has 0 bridgehead atoms. The minimum Gasteiger partial charge on any atom is -0.497 e. The molecule has 0 saturated carbocycles. The molecule has 0 saturated heterocycles. The van der Waals surface area contributed by atoms with Gasteiger partial charge in [0.15, 0.2) is 0 Å². The lowest BCUT2D eigenvalue weighted by Gasteiger charge is -2.21. The summed E-state index contributed by atoms with van der Waals surface area (Å²) in [5.41, 5.74) is 3.40. The number of pyridine rings is 1. The summed E-state index contributed by atoms with van der Waals surface area (Å²) in [6, 6.07) is 7.95. The van der Waals surface area contributed by atoms with E-state index in [4.69, 9.17) is 9.47 Å². The van der Waals surface area contributed by atoms with Gasteiger partial charge in [0.2, 0.25) is 0 Å². The Morgan fingerprint density at radius 3 is 2.50 bits per heavy atom. The van der Waals surface area contributed by atoms with Crippen molar-refractivity contribution in [3.8, 4) is 11.5 Å². The van der Waals surface area contributed by atoms with Gasteiger partial charge in [-0.3, -0.25) is 4.98 Å². The average molecular weight is 272 g/mol. The normalized spacial score (nSPS) is 12.0. The van der Waals surface area contributed by atoms with Gasteiger partial charge in [-0.05, 0) is 43.3 Å². The molecule has 0 aliphatic rings. The van der Waals surface area contributed by atoms with Crippen LogP contribution in [-0.2, 0) is 0 Å². The monoisotopic (exact) mass is 272 g/mol. The molecule has 4 nitrogen and oxygen atoms in total. The second-order valence-electron chi connectivity index (χ2n) is 4.56. The van der Waals surface area contributed by atoms with Crippen LogP contribution in [-0.4, -0.2) is 26.3 Å². The number of aryl methyl sites for hydroxylation is 1. The van der Waals surface area contributed by atoms with Crippen molar-refractivity contribution in [3.05, 3.63) is 53.3 Å². The van der Waals surface area contributed by atoms with Crippen LogP contribution < -0.4 is 14.8 Å². The van der Waals surface area contributed by atoms with E-state index in [0.29, 0.717) is 0 Å². The van der Waals surface area contributed by atoms with Gasteiger partial charge in [0.05, 0.1) is 20.3 Å². The van der Waals surface area contributed by atoms with E-state index in [0.717, 1.165) is 22.6 Å². The van der Waals surface area contributed by atoms with E-state index in [1.54, 1.807) is 14.2 Å². The first kappa shape index (κ1) is 14.3. The molecular weight excluding hydrogens is 252 g/mol. The quantitative estimate of drug-likeness (QED) is 0.909. The van der Waals surface area contributed by atoms with Gasteiger partial charge >= 0.3 is 0 Å². The predicted molar refractivity (Wildman–Crippen MR) is 79.4 cm³/mol. The van der Waals surface area contributed by atoms with Crippen LogP contribution in [0, 0.1) is 6.92 Å². The number of nitrogens with one attached hydrogen (secondary N) is 1. The van der Waals surface area contributed by atoms with E-state index in [9.17, 15) is 0 Å². The highest BCUT2D eigenvalue weighted by Crippen LogP contribution is 2.33. The van der Waals surface area contributed by atoms with Gasteiger partial charge < -0.3 is 14.8 Å². The van der Waals surface area contributed by atoms with Crippen molar-refractivity contribution < 1.29 is 9.47 Å². The van der Waals surface area contributed by atoms with E-state index in [1.807, 2.05) is 43.7 Å². The highest BCUT2D eigenvalue weighted by Gasteiger charge is 2.18. The second-order valence-corrected chi connectivity index (χ2v) is 4.56. The number of rotatable bonds is 5. The smallest absolute Gasteiger partial charge is 0.127 e. The van der Waals surface area contributed by atoms with E-state index >= 15 is 0 Å². The Morgan fingerprint density at radius 2 is 1.90 bits per heavy atom. The zero-order valence-electron chi connectivity index (χ0n) is 12.3. The van der Waals surface area contributed by atoms with Gasteiger partial charge in [-0.25, -0.2) is 0 Å². The number of hydrogen-bond acceptors (Lipinski definition) is 4. The van der Waals surface area contributed by atoms with E-state index in [-0.39, 0.29) is 6.04 Å². The SMILES string of the molecule is CNC(c1ccncc1C)c1ccc(OC)cc1OC. The Hall–Kier alpha value is -2.07. The first-order valence-electron chi connectivity index (χ1n) is 6.51. The van der Waals surface area contributed by atoms with Crippen molar-refractivity contribution in [3.63, 3.8) is 0 Å². The molecule has 1 unspecified atom stereocenters. The molecule has 0 amide bonds. The maximum atomic E-state index is 5.50. The molecule has 1 N–H and O–H groups in total. The number of benzene rings is 1. The molecule has 1 heterocycles. The average Bonchev–Trinajstić information content (AvgIpc) is 2.50. The standard InChI is InChI=1S/C16H20N2O2/c1-11-10-18-8-7-13(11)16(17-2)14-6-5-12(19-3)9-15(14)20-4/h5-10,16-17H,1-4H3. The van der Waals surface area contributed by atoms with Crippen LogP contribution in [0.4, 0.5) is 0 Å². The predicted octanol–water partition coefficient (Wildman–Crippen LogP) is 2.72. The Kier molecular flexibility index (Phi) is 4.58. The number of hydrogen-bond donors (Lipinski definition) is 1. The third-order valence-electron chi connectivity index (χ3n) is 3.42. The van der Waals surface area contributed by atoms with Crippen molar-refractivity contribution in [1.82, 2.24) is 10.3 Å². The van der Waals surface area contributed by atoms with Crippen LogP contribution in [0.25, 0.3) is 0 Å². The van der Waals surface area contributed by atoms with Gasteiger partial charge in [-0.15, -0.1) is 0 Å². The molecule has 20 heavy (non-hydrogen) atoms. The molecule has 0 aliphatic carbocycles. The van der Waals surface area contributed by atoms with Gasteiger partial charge in [0, 0.05) is 24.0 Å². The third kappa shape index (κ3) is 2.75. The number of ether oxygens (including phenoxy) is 2. The number of aromatic nitrogens is 1. The van der Waals surface area contributed by atoms with Crippen molar-refractivity contribution in [2.45, 2.75) is 13.0 Å². The fraction of sp³-hybridized carbons (Fsp3) is 0.312. The van der Waals surface area contributed by atoms with Crippen LogP contribution in [0.1, 0.15) is 22.7 Å². The largest absolute Gasteiger partial charge is 0.497 e. The lowest BCUT2D eigenvalue weighted by Crippen LogP contribution is -2.19. The molecular formula is C16H20N2O2. The first-order chi connectivity index (χ1) is 9.71. The number of methoxy groups -OCH3 is 2. The van der Waals surface area contributed by atoms with E-state index in [2.05, 4.69) is 17.2 Å². The zero-order chi connectivity index (χ0) is 14.5. The first-order valence-corrected chi connectivity index (χ1v) is 6.51. The van der Waals surface area contributed by atoms with Crippen LogP contribution in [0.2, 0.25) is 0 Å². The summed E-state index contributed by atoms with van der Waals surface area (Å²) in [5, 5.41) is 3.34. The Morgan fingerprint density at radius 1 is 1.10 bits per heavy atom. The zero-order valence-corrected chi connectivity index (χ0v) is 12.3. The van der Waals surface area contributed by atoms with Crippen molar-refractivity contribution in [2.75, 3.05) is 21.3 Å². The summed E-state index contributed by atoms with van der Waals surface area (Å²) < 4.78 is 10.7. The molecule has 0 radical (unpaired) electrons. The molecule has 2 rings (SSSR count). The number of nitrogens with zero attached hydrogens (tertiary/aromatic N) is 1. The third-order valence-corrected chi connectivity index (χ3v) is 3.42. The summed E-state index contributed by atoms with van der Waals surface area (Å²) in [7, 11) is 5.26. The summed E-state index contributed by atoms with van der Waals surface area (Å²) in [6.07, 6.45) is 3.68. The van der Waals surface area contributed by atoms with Crippen LogP contribution in [0.5, 0.6) is 11.5 Å². The van der Waals surface area contributed by atoms with E-state index in [1.165, 1.54) is 5.56 Å². The van der Waals surface area contributed by atoms with E-state index < -0.39 is 0 Å². The minimum atomic E-state index is 0.0545. The summed E-state index contributed by atoms with van der Waals surface area (Å²) in [5.74, 6) is 1.59. The molecule has 2 aromatic rings. The minimum absolute atomic E-state index is 0.0545. The molecule has 1 aromatic carbocycles. The second kappa shape index (κ2) is 6.39. The Labute approximate surface area is 119 Å². The van der Waals surface area contributed by atoms with Gasteiger partial charge in [-0.2, -0.15) is 0 Å². The lowest BCUT2D eigenvalue weighted by molar-refractivity contribution is 0.388. The van der Waals surface area contributed by atoms with Crippen LogP contribution in [0.3, 0.4) is 0 Å². The molecule has 0 fully saturated rings. The summed E-state index contributed by atoms with van der Waals surface area (Å²) in [4.78, 5) is 4.15. The summed E-state index contributed by atoms with van der Waals surface area (Å²) in [6.45, 7) is 2.06. The summed E-state index contributed by atoms with van der Waals surface area (Å²) >= 11 is 0. The van der Waals surface area contributed by atoms with Crippen LogP contribution in [0.15, 0.2) is 36.7 Å². The van der Waals surface area contributed by atoms with Crippen molar-refractivity contribution in [1.29, 1.82) is 0 Å².